The second-order valence-corrected chi connectivity index (χ2v) is 4.10. The molecule has 0 atom stereocenters. The highest BCUT2D eigenvalue weighted by Crippen LogP contribution is 2.21. The molecular formula is C5H6F3N2O2S+. The van der Waals surface area contributed by atoms with Crippen molar-refractivity contribution in [3.8, 4) is 0 Å². The maximum Gasteiger partial charge on any atom is 0.537 e. The van der Waals surface area contributed by atoms with Gasteiger partial charge in [-0.15, -0.1) is 3.97 Å². The fourth-order valence-electron chi connectivity index (χ4n) is 0.773. The van der Waals surface area contributed by atoms with E-state index in [-0.39, 0.29) is 9.80 Å². The molecule has 0 saturated carbocycles. The molecule has 1 N–H and O–H groups in total. The molecule has 13 heavy (non-hydrogen) atoms. The first-order valence-electron chi connectivity index (χ1n) is 3.14. The SMILES string of the molecule is Cc1[nH]cc[n+]1S(=O)(=O)C(F)(F)F. The number of nitrogens with one attached hydrogen (secondary N) is 1. The van der Waals surface area contributed by atoms with Crippen molar-refractivity contribution in [2.75, 3.05) is 0 Å². The third-order valence-corrected chi connectivity index (χ3v) is 2.88. The van der Waals surface area contributed by atoms with Crippen LogP contribution in [0.3, 0.4) is 0 Å². The number of hydrogen-bond donors (Lipinski definition) is 1. The maximum atomic E-state index is 12.0. The molecule has 1 heterocycles. The third-order valence-electron chi connectivity index (χ3n) is 1.38. The molecule has 0 amide bonds. The Labute approximate surface area is 72.1 Å². The van der Waals surface area contributed by atoms with Crippen LogP contribution >= 0.6 is 0 Å². The first kappa shape index (κ1) is 10.0. The number of halogens is 3. The van der Waals surface area contributed by atoms with Crippen LogP contribution in [0.4, 0.5) is 13.2 Å². The monoisotopic (exact) mass is 215 g/mol. The Morgan fingerprint density at radius 3 is 2.31 bits per heavy atom. The van der Waals surface area contributed by atoms with E-state index in [0.29, 0.717) is 0 Å². The Kier molecular flexibility index (Phi) is 2.10. The van der Waals surface area contributed by atoms with Gasteiger partial charge in [-0.3, -0.25) is 0 Å². The summed E-state index contributed by atoms with van der Waals surface area (Å²) >= 11 is 0. The minimum atomic E-state index is -5.28. The predicted octanol–water partition coefficient (Wildman–Crippen LogP) is 0.308. The van der Waals surface area contributed by atoms with Crippen molar-refractivity contribution in [3.63, 3.8) is 0 Å². The lowest BCUT2D eigenvalue weighted by Gasteiger charge is -2.03. The number of nitrogens with zero attached hydrogens (tertiary/aromatic N) is 1. The van der Waals surface area contributed by atoms with Crippen LogP contribution in [0.25, 0.3) is 0 Å². The second-order valence-electron chi connectivity index (χ2n) is 2.29. The minimum Gasteiger partial charge on any atom is -0.247 e. The number of hydrogen-bond acceptors (Lipinski definition) is 2. The Morgan fingerprint density at radius 1 is 1.46 bits per heavy atom. The molecule has 0 saturated heterocycles. The molecular weight excluding hydrogens is 209 g/mol. The largest absolute Gasteiger partial charge is 0.537 e. The molecule has 0 fully saturated rings. The topological polar surface area (TPSA) is 53.8 Å². The van der Waals surface area contributed by atoms with E-state index in [9.17, 15) is 21.6 Å². The molecule has 0 aliphatic heterocycles. The molecule has 0 unspecified atom stereocenters. The minimum absolute atomic E-state index is 0.0997. The van der Waals surface area contributed by atoms with Crippen molar-refractivity contribution in [1.82, 2.24) is 4.98 Å². The van der Waals surface area contributed by atoms with Crippen LogP contribution in [0.1, 0.15) is 5.82 Å². The summed E-state index contributed by atoms with van der Waals surface area (Å²) < 4.78 is 57.5. The van der Waals surface area contributed by atoms with Crippen molar-refractivity contribution >= 4 is 10.0 Å². The van der Waals surface area contributed by atoms with Gasteiger partial charge in [-0.2, -0.15) is 21.6 Å². The summed E-state index contributed by atoms with van der Waals surface area (Å²) in [7, 11) is -5.28. The summed E-state index contributed by atoms with van der Waals surface area (Å²) in [5.41, 5.74) is -5.27. The summed E-state index contributed by atoms with van der Waals surface area (Å²) in [6, 6.07) is 0. The summed E-state index contributed by atoms with van der Waals surface area (Å²) in [5, 5.41) is 0. The highest BCUT2D eigenvalue weighted by Gasteiger charge is 2.51. The number of aryl methyl sites for hydroxylation is 1. The van der Waals surface area contributed by atoms with Crippen LogP contribution in [0.5, 0.6) is 0 Å². The molecule has 4 nitrogen and oxygen atoms in total. The first-order chi connectivity index (χ1) is 5.77. The van der Waals surface area contributed by atoms with Crippen molar-refractivity contribution < 1.29 is 25.6 Å². The Balaban J connectivity index is 3.33. The average Bonchev–Trinajstić information content (AvgIpc) is 2.32. The van der Waals surface area contributed by atoms with Crippen LogP contribution in [-0.4, -0.2) is 18.9 Å². The smallest absolute Gasteiger partial charge is 0.247 e. The van der Waals surface area contributed by atoms with Gasteiger partial charge in [-0.05, 0) is 0 Å². The molecule has 0 aromatic carbocycles. The average molecular weight is 215 g/mol. The van der Waals surface area contributed by atoms with Gasteiger partial charge in [0.25, 0.3) is 5.82 Å². The molecule has 0 bridgehead atoms. The standard InChI is InChI=1S/C5H5F3N2O2S/c1-4-9-2-3-10(4)13(11,12)5(6,7)8/h2-3H,1H3/p+1. The fourth-order valence-corrected chi connectivity index (χ4v) is 1.63. The molecule has 0 aliphatic rings. The van der Waals surface area contributed by atoms with Crippen LogP contribution in [-0.2, 0) is 10.0 Å². The van der Waals surface area contributed by atoms with E-state index in [4.69, 9.17) is 0 Å². The zero-order chi connectivity index (χ0) is 10.3. The van der Waals surface area contributed by atoms with Crippen LogP contribution in [0, 0.1) is 6.92 Å². The molecule has 1 aromatic heterocycles. The molecule has 0 radical (unpaired) electrons. The second kappa shape index (κ2) is 2.72. The zero-order valence-corrected chi connectivity index (χ0v) is 7.28. The molecule has 0 spiro atoms. The molecule has 1 rings (SSSR count). The van der Waals surface area contributed by atoms with Gasteiger partial charge < -0.3 is 0 Å². The van der Waals surface area contributed by atoms with Crippen molar-refractivity contribution in [1.29, 1.82) is 0 Å². The van der Waals surface area contributed by atoms with Gasteiger partial charge in [-0.25, -0.2) is 4.98 Å². The third kappa shape index (κ3) is 1.53. The normalized spacial score (nSPS) is 13.2. The van der Waals surface area contributed by atoms with Crippen LogP contribution in [0.2, 0.25) is 0 Å². The lowest BCUT2D eigenvalue weighted by atomic mass is 10.8. The number of H-pyrrole nitrogens is 1. The van der Waals surface area contributed by atoms with E-state index in [0.717, 1.165) is 12.4 Å². The summed E-state index contributed by atoms with van der Waals surface area (Å²) in [5.74, 6) is -0.0997. The van der Waals surface area contributed by atoms with E-state index < -0.39 is 15.5 Å². The molecule has 74 valence electrons. The Bertz CT molecular complexity index is 406. The van der Waals surface area contributed by atoms with E-state index in [1.165, 1.54) is 6.92 Å². The first-order valence-corrected chi connectivity index (χ1v) is 4.58. The van der Waals surface area contributed by atoms with Crippen molar-refractivity contribution in [3.05, 3.63) is 18.2 Å². The predicted molar refractivity (Wildman–Crippen MR) is 36.1 cm³/mol. The number of alkyl halides is 3. The van der Waals surface area contributed by atoms with Crippen molar-refractivity contribution in [2.45, 2.75) is 12.4 Å². The highest BCUT2D eigenvalue weighted by molar-refractivity contribution is 7.85. The van der Waals surface area contributed by atoms with Gasteiger partial charge in [0.05, 0.1) is 0 Å². The van der Waals surface area contributed by atoms with E-state index in [1.54, 1.807) is 0 Å². The fraction of sp³-hybridized carbons (Fsp3) is 0.400. The quantitative estimate of drug-likeness (QED) is 0.685. The zero-order valence-electron chi connectivity index (χ0n) is 6.46. The van der Waals surface area contributed by atoms with Gasteiger partial charge in [0, 0.05) is 6.92 Å². The lowest BCUT2D eigenvalue weighted by Crippen LogP contribution is -2.51. The number of aromatic amines is 1. The van der Waals surface area contributed by atoms with Gasteiger partial charge in [0.2, 0.25) is 0 Å². The van der Waals surface area contributed by atoms with Gasteiger partial charge >= 0.3 is 15.5 Å². The summed E-state index contributed by atoms with van der Waals surface area (Å²) in [6.45, 7) is 1.23. The van der Waals surface area contributed by atoms with Gasteiger partial charge in [-0.1, -0.05) is 0 Å². The van der Waals surface area contributed by atoms with Gasteiger partial charge in [0.15, 0.2) is 0 Å². The summed E-state index contributed by atoms with van der Waals surface area (Å²) in [4.78, 5) is 2.33. The number of imidazole rings is 1. The lowest BCUT2D eigenvalue weighted by molar-refractivity contribution is -0.524. The van der Waals surface area contributed by atoms with Gasteiger partial charge in [0.1, 0.15) is 12.4 Å². The van der Waals surface area contributed by atoms with Crippen LogP contribution < -0.4 is 3.97 Å². The van der Waals surface area contributed by atoms with E-state index >= 15 is 0 Å². The van der Waals surface area contributed by atoms with Crippen molar-refractivity contribution in [2.24, 2.45) is 0 Å². The van der Waals surface area contributed by atoms with E-state index in [1.807, 2.05) is 0 Å². The molecule has 8 heteroatoms. The number of aromatic nitrogens is 2. The summed E-state index contributed by atoms with van der Waals surface area (Å²) in [6.07, 6.45) is 1.91. The van der Waals surface area contributed by atoms with Crippen LogP contribution in [0.15, 0.2) is 12.4 Å². The molecule has 0 aliphatic carbocycles. The highest BCUT2D eigenvalue weighted by atomic mass is 32.2. The van der Waals surface area contributed by atoms with E-state index in [2.05, 4.69) is 4.98 Å². The Morgan fingerprint density at radius 2 is 2.00 bits per heavy atom. The number of rotatable bonds is 1. The Hall–Kier alpha value is -1.05. The maximum absolute atomic E-state index is 12.0. The molecule has 1 aromatic rings.